The molecule has 49 heavy (non-hydrogen) atoms. The molecule has 2 atom stereocenters. The first kappa shape index (κ1) is 33.2. The number of aromatic nitrogens is 4. The Morgan fingerprint density at radius 2 is 1.76 bits per heavy atom. The molecule has 3 heterocycles. The number of anilines is 2. The SMILES string of the molecule is COc1ccc(CNc2nccc3c2c(-c2ccc(C(=O)Nc4cc(C(F)(F)F)ccn4)cc2)nn3C2CCCC(C(=O)O)C2)c(OC)c1. The summed E-state index contributed by atoms with van der Waals surface area (Å²) in [6.45, 7) is 0.358. The van der Waals surface area contributed by atoms with E-state index in [0.29, 0.717) is 53.3 Å². The third kappa shape index (κ3) is 7.12. The summed E-state index contributed by atoms with van der Waals surface area (Å²) in [7, 11) is 3.15. The minimum Gasteiger partial charge on any atom is -0.497 e. The van der Waals surface area contributed by atoms with Crippen molar-refractivity contribution in [3.63, 3.8) is 0 Å². The van der Waals surface area contributed by atoms with Gasteiger partial charge >= 0.3 is 12.1 Å². The van der Waals surface area contributed by atoms with E-state index in [0.717, 1.165) is 42.3 Å². The number of methoxy groups -OCH3 is 2. The van der Waals surface area contributed by atoms with Crippen LogP contribution in [0.2, 0.25) is 0 Å². The summed E-state index contributed by atoms with van der Waals surface area (Å²) in [5.41, 5.74) is 2.12. The van der Waals surface area contributed by atoms with Gasteiger partial charge in [-0.3, -0.25) is 14.3 Å². The van der Waals surface area contributed by atoms with E-state index in [9.17, 15) is 27.9 Å². The van der Waals surface area contributed by atoms with E-state index in [2.05, 4.69) is 20.6 Å². The zero-order valence-corrected chi connectivity index (χ0v) is 26.6. The number of benzene rings is 2. The summed E-state index contributed by atoms with van der Waals surface area (Å²) < 4.78 is 52.2. The molecule has 1 amide bonds. The molecule has 0 spiro atoms. The molecular weight excluding hydrogens is 641 g/mol. The Balaban J connectivity index is 1.35. The molecule has 3 aromatic heterocycles. The summed E-state index contributed by atoms with van der Waals surface area (Å²) in [5, 5.41) is 21.3. The Hall–Kier alpha value is -5.66. The lowest BCUT2D eigenvalue weighted by atomic mass is 9.86. The van der Waals surface area contributed by atoms with E-state index in [-0.39, 0.29) is 17.4 Å². The standard InChI is InChI=1S/C35H33F3N6O5/c1-48-26-11-10-23(28(18-26)49-2)19-41-32-30-27(13-15-40-32)44(25-5-3-4-22(16-25)34(46)47)43-31(30)20-6-8-21(9-7-20)33(45)42-29-17-24(12-14-39-29)35(36,37)38/h6-15,17-18,22,25H,3-5,16,19H2,1-2H3,(H,40,41)(H,46,47)(H,39,42,45). The number of nitrogens with zero attached hydrogens (tertiary/aromatic N) is 4. The van der Waals surface area contributed by atoms with Crippen LogP contribution in [0.15, 0.2) is 73.1 Å². The number of nitrogens with one attached hydrogen (secondary N) is 2. The van der Waals surface area contributed by atoms with Crippen molar-refractivity contribution in [1.82, 2.24) is 19.7 Å². The van der Waals surface area contributed by atoms with Crippen molar-refractivity contribution in [1.29, 1.82) is 0 Å². The van der Waals surface area contributed by atoms with Gasteiger partial charge in [0.1, 0.15) is 28.8 Å². The van der Waals surface area contributed by atoms with Crippen LogP contribution in [0.25, 0.3) is 22.2 Å². The van der Waals surface area contributed by atoms with Crippen molar-refractivity contribution in [3.8, 4) is 22.8 Å². The highest BCUT2D eigenvalue weighted by atomic mass is 19.4. The Kier molecular flexibility index (Phi) is 9.38. The van der Waals surface area contributed by atoms with Crippen molar-refractivity contribution in [2.45, 2.75) is 44.4 Å². The first-order valence-electron chi connectivity index (χ1n) is 15.6. The number of alkyl halides is 3. The van der Waals surface area contributed by atoms with Gasteiger partial charge in [0.25, 0.3) is 5.91 Å². The van der Waals surface area contributed by atoms with E-state index in [4.69, 9.17) is 14.6 Å². The third-order valence-electron chi connectivity index (χ3n) is 8.65. The van der Waals surface area contributed by atoms with Gasteiger partial charge in [0, 0.05) is 41.7 Å². The number of fused-ring (bicyclic) bond motifs is 1. The number of amides is 1. The molecule has 2 unspecified atom stereocenters. The predicted molar refractivity (Wildman–Crippen MR) is 176 cm³/mol. The molecule has 14 heteroatoms. The van der Waals surface area contributed by atoms with Crippen molar-refractivity contribution in [3.05, 3.63) is 89.7 Å². The van der Waals surface area contributed by atoms with Crippen LogP contribution in [0.5, 0.6) is 11.5 Å². The molecule has 11 nitrogen and oxygen atoms in total. The number of hydrogen-bond acceptors (Lipinski definition) is 8. The number of rotatable bonds is 10. The van der Waals surface area contributed by atoms with Gasteiger partial charge < -0.3 is 25.2 Å². The number of carbonyl (C=O) groups excluding carboxylic acids is 1. The molecule has 1 aliphatic rings. The molecule has 1 fully saturated rings. The van der Waals surface area contributed by atoms with Gasteiger partial charge in [-0.15, -0.1) is 0 Å². The van der Waals surface area contributed by atoms with Crippen LogP contribution in [-0.4, -0.2) is 51.0 Å². The molecule has 1 saturated carbocycles. The van der Waals surface area contributed by atoms with Crippen molar-refractivity contribution in [2.75, 3.05) is 24.9 Å². The second-order valence-electron chi connectivity index (χ2n) is 11.7. The number of carbonyl (C=O) groups is 2. The van der Waals surface area contributed by atoms with E-state index < -0.39 is 29.5 Å². The smallest absolute Gasteiger partial charge is 0.416 e. The van der Waals surface area contributed by atoms with Gasteiger partial charge in [-0.2, -0.15) is 18.3 Å². The van der Waals surface area contributed by atoms with E-state index in [1.54, 1.807) is 50.7 Å². The van der Waals surface area contributed by atoms with Crippen LogP contribution in [0.4, 0.5) is 24.8 Å². The first-order valence-corrected chi connectivity index (χ1v) is 15.6. The van der Waals surface area contributed by atoms with Gasteiger partial charge in [0.15, 0.2) is 0 Å². The van der Waals surface area contributed by atoms with Gasteiger partial charge in [0.05, 0.1) is 42.6 Å². The van der Waals surface area contributed by atoms with Gasteiger partial charge in [-0.1, -0.05) is 18.6 Å². The Bertz CT molecular complexity index is 2000. The monoisotopic (exact) mass is 674 g/mol. The molecule has 3 N–H and O–H groups in total. The van der Waals surface area contributed by atoms with Crippen LogP contribution in [0, 0.1) is 5.92 Å². The highest BCUT2D eigenvalue weighted by molar-refractivity contribution is 6.05. The normalized spacial score (nSPS) is 16.3. The lowest BCUT2D eigenvalue weighted by Gasteiger charge is -2.27. The third-order valence-corrected chi connectivity index (χ3v) is 8.65. The van der Waals surface area contributed by atoms with Crippen LogP contribution in [-0.2, 0) is 17.5 Å². The Labute approximate surface area is 279 Å². The summed E-state index contributed by atoms with van der Waals surface area (Å²) in [4.78, 5) is 33.3. The fourth-order valence-electron chi connectivity index (χ4n) is 6.13. The van der Waals surface area contributed by atoms with Gasteiger partial charge in [-0.25, -0.2) is 9.97 Å². The van der Waals surface area contributed by atoms with E-state index >= 15 is 0 Å². The Morgan fingerprint density at radius 1 is 0.980 bits per heavy atom. The number of halogens is 3. The molecule has 0 bridgehead atoms. The summed E-state index contributed by atoms with van der Waals surface area (Å²) in [6, 6.07) is 15.3. The maximum absolute atomic E-state index is 13.2. The lowest BCUT2D eigenvalue weighted by molar-refractivity contribution is -0.143. The highest BCUT2D eigenvalue weighted by Gasteiger charge is 2.32. The van der Waals surface area contributed by atoms with Gasteiger partial charge in [-0.05, 0) is 61.7 Å². The molecule has 0 aliphatic heterocycles. The zero-order valence-electron chi connectivity index (χ0n) is 26.6. The zero-order chi connectivity index (χ0) is 34.7. The molecule has 5 aromatic rings. The van der Waals surface area contributed by atoms with Crippen LogP contribution >= 0.6 is 0 Å². The number of pyridine rings is 2. The second kappa shape index (κ2) is 13.8. The predicted octanol–water partition coefficient (Wildman–Crippen LogP) is 7.21. The molecule has 1 aliphatic carbocycles. The van der Waals surface area contributed by atoms with Crippen molar-refractivity contribution in [2.24, 2.45) is 5.92 Å². The summed E-state index contributed by atoms with van der Waals surface area (Å²) >= 11 is 0. The number of ether oxygens (including phenoxy) is 2. The summed E-state index contributed by atoms with van der Waals surface area (Å²) in [6.07, 6.45) is 0.625. The largest absolute Gasteiger partial charge is 0.497 e. The van der Waals surface area contributed by atoms with Crippen molar-refractivity contribution >= 4 is 34.4 Å². The van der Waals surface area contributed by atoms with Crippen molar-refractivity contribution < 1.29 is 37.3 Å². The lowest BCUT2D eigenvalue weighted by Crippen LogP contribution is -2.25. The second-order valence-corrected chi connectivity index (χ2v) is 11.7. The highest BCUT2D eigenvalue weighted by Crippen LogP contribution is 2.39. The topological polar surface area (TPSA) is 140 Å². The molecule has 2 aromatic carbocycles. The molecule has 254 valence electrons. The average Bonchev–Trinajstić information content (AvgIpc) is 3.51. The number of aliphatic carboxylic acids is 1. The van der Waals surface area contributed by atoms with Gasteiger partial charge in [0.2, 0.25) is 0 Å². The van der Waals surface area contributed by atoms with E-state index in [1.165, 1.54) is 0 Å². The van der Waals surface area contributed by atoms with E-state index in [1.807, 2.05) is 22.9 Å². The van der Waals surface area contributed by atoms with Crippen LogP contribution < -0.4 is 20.1 Å². The van der Waals surface area contributed by atoms with Crippen LogP contribution in [0.3, 0.4) is 0 Å². The number of carboxylic acid groups (broad SMARTS) is 1. The minimum atomic E-state index is -4.58. The fourth-order valence-corrected chi connectivity index (χ4v) is 6.13. The fraction of sp³-hybridized carbons (Fsp3) is 0.286. The molecule has 0 saturated heterocycles. The number of carboxylic acids is 1. The first-order chi connectivity index (χ1) is 23.5. The Morgan fingerprint density at radius 3 is 2.47 bits per heavy atom. The van der Waals surface area contributed by atoms with Crippen LogP contribution in [0.1, 0.15) is 53.2 Å². The maximum atomic E-state index is 13.2. The molecule has 6 rings (SSSR count). The molecule has 0 radical (unpaired) electrons. The average molecular weight is 675 g/mol. The number of hydrogen-bond donors (Lipinski definition) is 3. The summed E-state index contributed by atoms with van der Waals surface area (Å²) in [5.74, 6) is -0.338. The molecular formula is C35H33F3N6O5. The maximum Gasteiger partial charge on any atom is 0.416 e. The minimum absolute atomic E-state index is 0.159. The quantitative estimate of drug-likeness (QED) is 0.140.